The number of ketones is 1. The van der Waals surface area contributed by atoms with E-state index in [1.54, 1.807) is 4.31 Å². The minimum absolute atomic E-state index is 0.0606. The van der Waals surface area contributed by atoms with Crippen molar-refractivity contribution in [1.29, 1.82) is 0 Å². The fourth-order valence-corrected chi connectivity index (χ4v) is 6.94. The van der Waals surface area contributed by atoms with Crippen LogP contribution < -0.4 is 10.1 Å². The van der Waals surface area contributed by atoms with Gasteiger partial charge in [-0.1, -0.05) is 56.0 Å². The molecule has 7 nitrogen and oxygen atoms in total. The molecule has 0 bridgehead atoms. The Morgan fingerprint density at radius 1 is 1.09 bits per heavy atom. The number of nitrogens with zero attached hydrogens (tertiary/aromatic N) is 1. The van der Waals surface area contributed by atoms with Crippen LogP contribution in [-0.2, 0) is 14.8 Å². The van der Waals surface area contributed by atoms with Crippen molar-refractivity contribution in [3.63, 3.8) is 0 Å². The molecule has 188 valence electrons. The summed E-state index contributed by atoms with van der Waals surface area (Å²) in [7, 11) is -3.27. The lowest BCUT2D eigenvalue weighted by molar-refractivity contribution is -0.124. The summed E-state index contributed by atoms with van der Waals surface area (Å²) in [6.07, 6.45) is 6.15. The monoisotopic (exact) mass is 530 g/mol. The average molecular weight is 532 g/mol. The van der Waals surface area contributed by atoms with Crippen molar-refractivity contribution in [1.82, 2.24) is 9.62 Å². The van der Waals surface area contributed by atoms with E-state index >= 15 is 0 Å². The van der Waals surface area contributed by atoms with Crippen LogP contribution in [0.4, 0.5) is 0 Å². The number of nitrogens with one attached hydrogen (secondary N) is 1. The summed E-state index contributed by atoms with van der Waals surface area (Å²) in [6.45, 7) is 6.09. The normalized spacial score (nSPS) is 18.4. The van der Waals surface area contributed by atoms with Crippen LogP contribution in [0.3, 0.4) is 0 Å². The molecule has 1 aromatic rings. The molecule has 1 saturated carbocycles. The number of benzene rings is 1. The van der Waals surface area contributed by atoms with E-state index in [4.69, 9.17) is 27.9 Å². The van der Waals surface area contributed by atoms with Gasteiger partial charge < -0.3 is 10.1 Å². The molecule has 1 aliphatic carbocycles. The van der Waals surface area contributed by atoms with Gasteiger partial charge in [-0.25, -0.2) is 12.7 Å². The maximum absolute atomic E-state index is 12.9. The average Bonchev–Trinajstić information content (AvgIpc) is 2.85. The van der Waals surface area contributed by atoms with Gasteiger partial charge in [0.1, 0.15) is 10.8 Å². The highest BCUT2D eigenvalue weighted by atomic mass is 35.5. The highest BCUT2D eigenvalue weighted by Gasteiger charge is 2.35. The number of carbonyl (C=O) groups is 2. The highest BCUT2D eigenvalue weighted by Crippen LogP contribution is 2.36. The van der Waals surface area contributed by atoms with Crippen LogP contribution in [0, 0.1) is 0 Å². The largest absolute Gasteiger partial charge is 0.482 e. The molecule has 1 heterocycles. The number of sulfonamides is 1. The summed E-state index contributed by atoms with van der Waals surface area (Å²) in [5.41, 5.74) is 0.661. The Balaban J connectivity index is 1.49. The Kier molecular flexibility index (Phi) is 9.43. The van der Waals surface area contributed by atoms with Crippen molar-refractivity contribution >= 4 is 44.9 Å². The summed E-state index contributed by atoms with van der Waals surface area (Å²) in [5.74, 6) is -0.412. The number of ether oxygens (including phenoxy) is 1. The fraction of sp³-hybridized carbons (Fsp3) is 0.583. The van der Waals surface area contributed by atoms with E-state index in [9.17, 15) is 18.0 Å². The van der Waals surface area contributed by atoms with Crippen molar-refractivity contribution in [3.8, 4) is 5.75 Å². The lowest BCUT2D eigenvalue weighted by Gasteiger charge is -2.35. The van der Waals surface area contributed by atoms with Gasteiger partial charge >= 0.3 is 0 Å². The molecule has 10 heteroatoms. The van der Waals surface area contributed by atoms with Gasteiger partial charge in [-0.15, -0.1) is 0 Å². The molecule has 0 spiro atoms. The Hall–Kier alpha value is -1.61. The molecule has 34 heavy (non-hydrogen) atoms. The first-order valence-electron chi connectivity index (χ1n) is 11.8. The summed E-state index contributed by atoms with van der Waals surface area (Å²) >= 11 is 12.5. The van der Waals surface area contributed by atoms with Crippen LogP contribution in [0.15, 0.2) is 24.3 Å². The lowest BCUT2D eigenvalue weighted by atomic mass is 10.0. The Morgan fingerprint density at radius 2 is 1.74 bits per heavy atom. The molecular weight excluding hydrogens is 499 g/mol. The number of halogens is 2. The van der Waals surface area contributed by atoms with Crippen LogP contribution in [0.5, 0.6) is 5.75 Å². The Bertz CT molecular complexity index is 1030. The van der Waals surface area contributed by atoms with Crippen molar-refractivity contribution in [2.45, 2.75) is 69.6 Å². The molecule has 0 aromatic heterocycles. The second-order valence-electron chi connectivity index (χ2n) is 8.86. The van der Waals surface area contributed by atoms with E-state index < -0.39 is 10.0 Å². The predicted molar refractivity (Wildman–Crippen MR) is 134 cm³/mol. The first-order chi connectivity index (χ1) is 16.1. The third kappa shape index (κ3) is 6.33. The molecule has 1 aromatic carbocycles. The quantitative estimate of drug-likeness (QED) is 0.366. The zero-order valence-electron chi connectivity index (χ0n) is 19.4. The summed E-state index contributed by atoms with van der Waals surface area (Å²) < 4.78 is 32.9. The van der Waals surface area contributed by atoms with Gasteiger partial charge in [0.25, 0.3) is 5.91 Å². The standard InChI is InChI=1S/C24H32Cl2N2O5S/c1-3-16(2)24(30)19-9-10-20(23(26)22(19)25)33-15-21(29)27-17-11-13-28(14-12-17)34(31,32)18-7-5-4-6-8-18/h9-10,17-18H,2-8,11-15H2,1H3,(H,27,29). The first kappa shape index (κ1) is 27.0. The number of Topliss-reactive ketones (excluding diaryl/α,β-unsaturated/α-hetero) is 1. The maximum Gasteiger partial charge on any atom is 0.258 e. The molecule has 1 amide bonds. The molecule has 3 rings (SSSR count). The van der Waals surface area contributed by atoms with E-state index in [1.807, 2.05) is 6.92 Å². The molecule has 0 radical (unpaired) electrons. The number of rotatable bonds is 9. The SMILES string of the molecule is C=C(CC)C(=O)c1ccc(OCC(=O)NC2CCN(S(=O)(=O)C3CCCCC3)CC2)c(Cl)c1Cl. The lowest BCUT2D eigenvalue weighted by Crippen LogP contribution is -2.49. The van der Waals surface area contributed by atoms with Crippen LogP contribution in [0.1, 0.15) is 68.6 Å². The minimum Gasteiger partial charge on any atom is -0.482 e. The van der Waals surface area contributed by atoms with Crippen molar-refractivity contribution in [2.75, 3.05) is 19.7 Å². The smallest absolute Gasteiger partial charge is 0.258 e. The molecule has 1 N–H and O–H groups in total. The van der Waals surface area contributed by atoms with Gasteiger partial charge in [0.15, 0.2) is 12.4 Å². The predicted octanol–water partition coefficient (Wildman–Crippen LogP) is 4.76. The number of piperidine rings is 1. The van der Waals surface area contributed by atoms with Gasteiger partial charge in [-0.05, 0) is 49.8 Å². The Morgan fingerprint density at radius 3 is 2.35 bits per heavy atom. The molecule has 0 atom stereocenters. The number of amides is 1. The molecule has 0 unspecified atom stereocenters. The van der Waals surface area contributed by atoms with E-state index in [-0.39, 0.29) is 50.9 Å². The molecule has 2 fully saturated rings. The van der Waals surface area contributed by atoms with E-state index in [0.717, 1.165) is 32.1 Å². The van der Waals surface area contributed by atoms with E-state index in [2.05, 4.69) is 11.9 Å². The highest BCUT2D eigenvalue weighted by molar-refractivity contribution is 7.89. The van der Waals surface area contributed by atoms with Crippen molar-refractivity contribution < 1.29 is 22.7 Å². The van der Waals surface area contributed by atoms with Gasteiger partial charge in [0, 0.05) is 24.7 Å². The van der Waals surface area contributed by atoms with Crippen molar-refractivity contribution in [2.24, 2.45) is 0 Å². The number of hydrogen-bond acceptors (Lipinski definition) is 5. The van der Waals surface area contributed by atoms with E-state index in [0.29, 0.717) is 37.9 Å². The summed E-state index contributed by atoms with van der Waals surface area (Å²) in [4.78, 5) is 24.7. The molecular formula is C24H32Cl2N2O5S. The Labute approximate surface area is 211 Å². The van der Waals surface area contributed by atoms with Crippen LogP contribution >= 0.6 is 23.2 Å². The van der Waals surface area contributed by atoms with Gasteiger partial charge in [-0.2, -0.15) is 0 Å². The van der Waals surface area contributed by atoms with Crippen LogP contribution in [-0.4, -0.2) is 55.4 Å². The third-order valence-corrected chi connectivity index (χ3v) is 9.81. The number of allylic oxidation sites excluding steroid dienone is 1. The fourth-order valence-electron chi connectivity index (χ4n) is 4.41. The molecule has 1 aliphatic heterocycles. The van der Waals surface area contributed by atoms with Crippen LogP contribution in [0.25, 0.3) is 0 Å². The van der Waals surface area contributed by atoms with Crippen LogP contribution in [0.2, 0.25) is 10.0 Å². The summed E-state index contributed by atoms with van der Waals surface area (Å²) in [5, 5.41) is 2.76. The number of carbonyl (C=O) groups excluding carboxylic acids is 2. The second-order valence-corrected chi connectivity index (χ2v) is 11.8. The van der Waals surface area contributed by atoms with Gasteiger partial charge in [0.2, 0.25) is 10.0 Å². The molecule has 2 aliphatic rings. The zero-order chi connectivity index (χ0) is 24.9. The number of hydrogen-bond donors (Lipinski definition) is 1. The van der Waals surface area contributed by atoms with Gasteiger partial charge in [0.05, 0.1) is 10.3 Å². The topological polar surface area (TPSA) is 92.8 Å². The third-order valence-electron chi connectivity index (χ3n) is 6.55. The first-order valence-corrected chi connectivity index (χ1v) is 14.0. The summed E-state index contributed by atoms with van der Waals surface area (Å²) in [6, 6.07) is 2.90. The minimum atomic E-state index is -3.27. The zero-order valence-corrected chi connectivity index (χ0v) is 21.8. The van der Waals surface area contributed by atoms with Gasteiger partial charge in [-0.3, -0.25) is 9.59 Å². The maximum atomic E-state index is 12.9. The van der Waals surface area contributed by atoms with E-state index in [1.165, 1.54) is 12.1 Å². The second kappa shape index (κ2) is 11.9. The van der Waals surface area contributed by atoms with Crippen molar-refractivity contribution in [3.05, 3.63) is 39.9 Å². The molecule has 1 saturated heterocycles.